The predicted molar refractivity (Wildman–Crippen MR) is 80.7 cm³/mol. The molecule has 1 aromatic heterocycles. The van der Waals surface area contributed by atoms with Gasteiger partial charge in [0.2, 0.25) is 11.8 Å². The van der Waals surface area contributed by atoms with E-state index in [2.05, 4.69) is 36.0 Å². The van der Waals surface area contributed by atoms with Gasteiger partial charge in [0.15, 0.2) is 0 Å². The molecule has 0 unspecified atom stereocenters. The molecule has 1 aliphatic heterocycles. The first kappa shape index (κ1) is 16.0. The molecule has 1 saturated heterocycles. The van der Waals surface area contributed by atoms with Crippen molar-refractivity contribution in [3.63, 3.8) is 0 Å². The molecule has 0 atom stereocenters. The lowest BCUT2D eigenvalue weighted by Gasteiger charge is -2.32. The molecule has 0 bridgehead atoms. The number of nitrogens with zero attached hydrogens (tertiary/aromatic N) is 2. The second kappa shape index (κ2) is 6.58. The first-order valence-corrected chi connectivity index (χ1v) is 7.54. The molecule has 0 aromatic carbocycles. The van der Waals surface area contributed by atoms with E-state index in [4.69, 9.17) is 10.2 Å². The molecular formula is C15H26N4O2. The predicted octanol–water partition coefficient (Wildman–Crippen LogP) is 1.01. The largest absolute Gasteiger partial charge is 0.444 e. The molecule has 6 heteroatoms. The van der Waals surface area contributed by atoms with E-state index in [9.17, 15) is 4.79 Å². The second-order valence-electron chi connectivity index (χ2n) is 6.72. The van der Waals surface area contributed by atoms with Gasteiger partial charge in [-0.2, -0.15) is 0 Å². The van der Waals surface area contributed by atoms with E-state index in [1.54, 1.807) is 6.20 Å². The number of carbonyl (C=O) groups excluding carboxylic acids is 1. The number of rotatable bonds is 5. The molecule has 0 aliphatic carbocycles. The summed E-state index contributed by atoms with van der Waals surface area (Å²) in [6, 6.07) is 0.351. The molecule has 0 saturated carbocycles. The maximum atomic E-state index is 11.3. The van der Waals surface area contributed by atoms with E-state index in [0.29, 0.717) is 18.5 Å². The fraction of sp³-hybridized carbons (Fsp3) is 0.733. The average molecular weight is 294 g/mol. The summed E-state index contributed by atoms with van der Waals surface area (Å²) >= 11 is 0. The van der Waals surface area contributed by atoms with E-state index in [1.807, 2.05) is 0 Å². The molecule has 2 heterocycles. The standard InChI is InChI=1S/C15H26N4O2/c1-15(2,3)12-8-18-14(21-12)10-19(9-13(16)20)11-4-6-17-7-5-11/h8,11,17H,4-7,9-10H2,1-3H3,(H2,16,20). The summed E-state index contributed by atoms with van der Waals surface area (Å²) in [4.78, 5) is 17.8. The van der Waals surface area contributed by atoms with E-state index in [1.165, 1.54) is 0 Å². The number of oxazole rings is 1. The van der Waals surface area contributed by atoms with Crippen LogP contribution in [0.4, 0.5) is 0 Å². The van der Waals surface area contributed by atoms with Crippen LogP contribution in [0.25, 0.3) is 0 Å². The van der Waals surface area contributed by atoms with Crippen molar-refractivity contribution in [1.82, 2.24) is 15.2 Å². The van der Waals surface area contributed by atoms with E-state index in [0.717, 1.165) is 31.7 Å². The van der Waals surface area contributed by atoms with Gasteiger partial charge >= 0.3 is 0 Å². The smallest absolute Gasteiger partial charge is 0.231 e. The molecule has 1 aliphatic rings. The maximum Gasteiger partial charge on any atom is 0.231 e. The Bertz CT molecular complexity index is 472. The SMILES string of the molecule is CC(C)(C)c1cnc(CN(CC(N)=O)C2CCNCC2)o1. The van der Waals surface area contributed by atoms with Gasteiger partial charge in [-0.3, -0.25) is 9.69 Å². The molecule has 0 radical (unpaired) electrons. The summed E-state index contributed by atoms with van der Waals surface area (Å²) in [6.07, 6.45) is 3.81. The Balaban J connectivity index is 2.07. The van der Waals surface area contributed by atoms with Crippen molar-refractivity contribution in [1.29, 1.82) is 0 Å². The van der Waals surface area contributed by atoms with Gasteiger partial charge in [-0.15, -0.1) is 0 Å². The summed E-state index contributed by atoms with van der Waals surface area (Å²) in [5.41, 5.74) is 5.32. The van der Waals surface area contributed by atoms with Gasteiger partial charge in [0.05, 0.1) is 19.3 Å². The normalized spacial score (nSPS) is 17.3. The number of nitrogens with one attached hydrogen (secondary N) is 1. The number of hydrogen-bond donors (Lipinski definition) is 2. The third kappa shape index (κ3) is 4.54. The van der Waals surface area contributed by atoms with Crippen molar-refractivity contribution >= 4 is 5.91 Å². The van der Waals surface area contributed by atoms with E-state index < -0.39 is 0 Å². The van der Waals surface area contributed by atoms with Crippen LogP contribution in [0, 0.1) is 0 Å². The van der Waals surface area contributed by atoms with Crippen LogP contribution in [0.3, 0.4) is 0 Å². The lowest BCUT2D eigenvalue weighted by Crippen LogP contribution is -2.46. The van der Waals surface area contributed by atoms with Crippen LogP contribution in [0.2, 0.25) is 0 Å². The van der Waals surface area contributed by atoms with Crippen molar-refractivity contribution in [2.45, 2.75) is 51.6 Å². The Morgan fingerprint density at radius 3 is 2.67 bits per heavy atom. The van der Waals surface area contributed by atoms with Crippen molar-refractivity contribution in [2.75, 3.05) is 19.6 Å². The van der Waals surface area contributed by atoms with Crippen molar-refractivity contribution in [3.05, 3.63) is 17.8 Å². The lowest BCUT2D eigenvalue weighted by molar-refractivity contribution is -0.120. The lowest BCUT2D eigenvalue weighted by atomic mass is 9.94. The van der Waals surface area contributed by atoms with Gasteiger partial charge in [-0.25, -0.2) is 4.98 Å². The Morgan fingerprint density at radius 2 is 2.14 bits per heavy atom. The first-order chi connectivity index (χ1) is 9.86. The van der Waals surface area contributed by atoms with Gasteiger partial charge < -0.3 is 15.5 Å². The Morgan fingerprint density at radius 1 is 1.48 bits per heavy atom. The topological polar surface area (TPSA) is 84.4 Å². The van der Waals surface area contributed by atoms with Crippen molar-refractivity contribution < 1.29 is 9.21 Å². The zero-order valence-corrected chi connectivity index (χ0v) is 13.2. The number of hydrogen-bond acceptors (Lipinski definition) is 5. The van der Waals surface area contributed by atoms with Crippen LogP contribution in [-0.4, -0.2) is 41.5 Å². The Hall–Kier alpha value is -1.40. The molecule has 0 spiro atoms. The van der Waals surface area contributed by atoms with Gasteiger partial charge in [-0.1, -0.05) is 20.8 Å². The van der Waals surface area contributed by atoms with E-state index in [-0.39, 0.29) is 17.9 Å². The summed E-state index contributed by atoms with van der Waals surface area (Å²) in [5, 5.41) is 3.33. The zero-order valence-electron chi connectivity index (χ0n) is 13.2. The quantitative estimate of drug-likeness (QED) is 0.846. The number of primary amides is 1. The molecule has 1 aromatic rings. The van der Waals surface area contributed by atoms with Crippen molar-refractivity contribution in [2.24, 2.45) is 5.73 Å². The highest BCUT2D eigenvalue weighted by Gasteiger charge is 2.25. The highest BCUT2D eigenvalue weighted by molar-refractivity contribution is 5.75. The van der Waals surface area contributed by atoms with Crippen LogP contribution in [0.5, 0.6) is 0 Å². The highest BCUT2D eigenvalue weighted by Crippen LogP contribution is 2.24. The number of aromatic nitrogens is 1. The summed E-state index contributed by atoms with van der Waals surface area (Å²) in [5.74, 6) is 1.21. The number of amides is 1. The Labute approximate surface area is 126 Å². The van der Waals surface area contributed by atoms with Crippen LogP contribution >= 0.6 is 0 Å². The summed E-state index contributed by atoms with van der Waals surface area (Å²) in [6.45, 7) is 8.99. The van der Waals surface area contributed by atoms with Crippen LogP contribution in [-0.2, 0) is 16.8 Å². The molecule has 3 N–H and O–H groups in total. The molecule has 6 nitrogen and oxygen atoms in total. The number of carbonyl (C=O) groups is 1. The minimum atomic E-state index is -0.309. The molecular weight excluding hydrogens is 268 g/mol. The van der Waals surface area contributed by atoms with Gasteiger partial charge in [0.1, 0.15) is 5.76 Å². The van der Waals surface area contributed by atoms with Gasteiger partial charge in [-0.05, 0) is 25.9 Å². The van der Waals surface area contributed by atoms with Crippen LogP contribution in [0.15, 0.2) is 10.6 Å². The van der Waals surface area contributed by atoms with Crippen LogP contribution in [0.1, 0.15) is 45.3 Å². The first-order valence-electron chi connectivity index (χ1n) is 7.54. The third-order valence-electron chi connectivity index (χ3n) is 3.82. The minimum Gasteiger partial charge on any atom is -0.444 e. The molecule has 21 heavy (non-hydrogen) atoms. The van der Waals surface area contributed by atoms with E-state index >= 15 is 0 Å². The number of piperidine rings is 1. The third-order valence-corrected chi connectivity index (χ3v) is 3.82. The monoisotopic (exact) mass is 294 g/mol. The Kier molecular flexibility index (Phi) is 5.00. The molecule has 1 fully saturated rings. The highest BCUT2D eigenvalue weighted by atomic mass is 16.4. The zero-order chi connectivity index (χ0) is 15.5. The van der Waals surface area contributed by atoms with Gasteiger partial charge in [0.25, 0.3) is 0 Å². The van der Waals surface area contributed by atoms with Crippen molar-refractivity contribution in [3.8, 4) is 0 Å². The minimum absolute atomic E-state index is 0.0610. The fourth-order valence-corrected chi connectivity index (χ4v) is 2.59. The molecule has 2 rings (SSSR count). The summed E-state index contributed by atoms with van der Waals surface area (Å²) < 4.78 is 5.83. The number of nitrogens with two attached hydrogens (primary N) is 1. The van der Waals surface area contributed by atoms with Gasteiger partial charge in [0, 0.05) is 11.5 Å². The average Bonchev–Trinajstić information content (AvgIpc) is 2.87. The molecule has 118 valence electrons. The maximum absolute atomic E-state index is 11.3. The van der Waals surface area contributed by atoms with Crippen LogP contribution < -0.4 is 11.1 Å². The molecule has 1 amide bonds. The second-order valence-corrected chi connectivity index (χ2v) is 6.72. The summed E-state index contributed by atoms with van der Waals surface area (Å²) in [7, 11) is 0. The fourth-order valence-electron chi connectivity index (χ4n) is 2.59.